The summed E-state index contributed by atoms with van der Waals surface area (Å²) >= 11 is 0.776. The Kier molecular flexibility index (Phi) is 5.63. The number of hydrogen-bond donors (Lipinski definition) is 4. The number of carbonyl (C=O) groups excluding carboxylic acids is 1. The Balaban J connectivity index is 1.80. The molecule has 0 spiro atoms. The number of fused-ring (bicyclic) bond motifs is 1. The number of ketones is 1. The van der Waals surface area contributed by atoms with E-state index < -0.39 is 17.9 Å². The first-order chi connectivity index (χ1) is 14.9. The number of hydrogen-bond acceptors (Lipinski definition) is 5. The van der Waals surface area contributed by atoms with Crippen LogP contribution in [0.2, 0.25) is 0 Å². The zero-order chi connectivity index (χ0) is 22.1. The lowest BCUT2D eigenvalue weighted by atomic mass is 10.0. The molecular formula is C24H21NO5S. The van der Waals surface area contributed by atoms with Gasteiger partial charge in [0, 0.05) is 28.2 Å². The Labute approximate surface area is 182 Å². The number of thiophene rings is 1. The Hall–Kier alpha value is -3.42. The number of aromatic carboxylic acids is 1. The largest absolute Gasteiger partial charge is 0.506 e. The third-order valence-electron chi connectivity index (χ3n) is 5.22. The average Bonchev–Trinajstić information content (AvgIpc) is 3.34. The van der Waals surface area contributed by atoms with E-state index in [0.717, 1.165) is 22.4 Å². The standard InChI is InChI=1S/C24H21NO5S/c1-13(26)10-11-15-8-5-9-16-17(12-25-19(15)16)20(27)23-21(28)18(22(31-23)24(29)30)14-6-3-2-4-7-14/h2-9,12-13,25-26,28H,10-11H2,1H3,(H,29,30). The second-order valence-corrected chi connectivity index (χ2v) is 8.43. The van der Waals surface area contributed by atoms with Gasteiger partial charge in [0.05, 0.1) is 6.10 Å². The number of aromatic amines is 1. The number of carboxylic acids is 1. The first-order valence-electron chi connectivity index (χ1n) is 9.84. The minimum atomic E-state index is -1.20. The molecule has 0 saturated heterocycles. The van der Waals surface area contributed by atoms with Crippen LogP contribution >= 0.6 is 11.3 Å². The summed E-state index contributed by atoms with van der Waals surface area (Å²) in [6.45, 7) is 1.73. The van der Waals surface area contributed by atoms with Gasteiger partial charge in [-0.3, -0.25) is 4.79 Å². The van der Waals surface area contributed by atoms with Gasteiger partial charge in [-0.25, -0.2) is 4.79 Å². The van der Waals surface area contributed by atoms with Gasteiger partial charge in [-0.1, -0.05) is 48.5 Å². The molecule has 6 nitrogen and oxygen atoms in total. The van der Waals surface area contributed by atoms with E-state index in [1.807, 2.05) is 18.2 Å². The zero-order valence-electron chi connectivity index (χ0n) is 16.8. The summed E-state index contributed by atoms with van der Waals surface area (Å²) in [4.78, 5) is 28.2. The van der Waals surface area contributed by atoms with Crippen LogP contribution in [-0.2, 0) is 6.42 Å². The normalized spacial score (nSPS) is 12.2. The Morgan fingerprint density at radius 2 is 1.81 bits per heavy atom. The second kappa shape index (κ2) is 8.37. The molecule has 4 rings (SSSR count). The van der Waals surface area contributed by atoms with Gasteiger partial charge >= 0.3 is 5.97 Å². The lowest BCUT2D eigenvalue weighted by Crippen LogP contribution is -2.02. The van der Waals surface area contributed by atoms with E-state index in [1.54, 1.807) is 43.5 Å². The average molecular weight is 436 g/mol. The molecular weight excluding hydrogens is 414 g/mol. The number of para-hydroxylation sites is 1. The number of benzene rings is 2. The third-order valence-corrected chi connectivity index (χ3v) is 6.39. The molecule has 0 aliphatic heterocycles. The molecule has 4 N–H and O–H groups in total. The van der Waals surface area contributed by atoms with E-state index >= 15 is 0 Å². The van der Waals surface area contributed by atoms with Gasteiger partial charge in [0.25, 0.3) is 0 Å². The van der Waals surface area contributed by atoms with Crippen LogP contribution < -0.4 is 0 Å². The van der Waals surface area contributed by atoms with Crippen LogP contribution in [0.4, 0.5) is 0 Å². The summed E-state index contributed by atoms with van der Waals surface area (Å²) in [5.41, 5.74) is 2.82. The maximum absolute atomic E-state index is 13.3. The molecule has 2 aromatic heterocycles. The molecule has 0 fully saturated rings. The highest BCUT2D eigenvalue weighted by Crippen LogP contribution is 2.43. The lowest BCUT2D eigenvalue weighted by Gasteiger charge is -2.06. The summed E-state index contributed by atoms with van der Waals surface area (Å²) in [5.74, 6) is -1.96. The summed E-state index contributed by atoms with van der Waals surface area (Å²) in [6, 6.07) is 14.3. The fourth-order valence-corrected chi connectivity index (χ4v) is 4.71. The predicted molar refractivity (Wildman–Crippen MR) is 120 cm³/mol. The van der Waals surface area contributed by atoms with Crippen molar-refractivity contribution in [2.24, 2.45) is 0 Å². The van der Waals surface area contributed by atoms with Gasteiger partial charge in [-0.05, 0) is 30.9 Å². The fourth-order valence-electron chi connectivity index (χ4n) is 3.70. The van der Waals surface area contributed by atoms with E-state index in [1.165, 1.54) is 0 Å². The zero-order valence-corrected chi connectivity index (χ0v) is 17.6. The molecule has 0 radical (unpaired) electrons. The van der Waals surface area contributed by atoms with Crippen molar-refractivity contribution in [1.82, 2.24) is 4.98 Å². The van der Waals surface area contributed by atoms with Crippen LogP contribution in [-0.4, -0.2) is 38.2 Å². The van der Waals surface area contributed by atoms with E-state index in [2.05, 4.69) is 4.98 Å². The van der Waals surface area contributed by atoms with Gasteiger partial charge in [-0.2, -0.15) is 0 Å². The highest BCUT2D eigenvalue weighted by molar-refractivity contribution is 7.17. The Bertz CT molecular complexity index is 1270. The van der Waals surface area contributed by atoms with Crippen molar-refractivity contribution in [1.29, 1.82) is 0 Å². The molecule has 158 valence electrons. The number of carbonyl (C=O) groups is 2. The van der Waals surface area contributed by atoms with Gasteiger partial charge in [0.1, 0.15) is 15.5 Å². The van der Waals surface area contributed by atoms with Crippen LogP contribution in [0.25, 0.3) is 22.0 Å². The van der Waals surface area contributed by atoms with Gasteiger partial charge in [0.2, 0.25) is 5.78 Å². The third kappa shape index (κ3) is 3.85. The Morgan fingerprint density at radius 3 is 2.48 bits per heavy atom. The SMILES string of the molecule is CC(O)CCc1cccc2c(C(=O)c3sc(C(=O)O)c(-c4ccccc4)c3O)c[nH]c12. The molecule has 0 aliphatic rings. The van der Waals surface area contributed by atoms with Crippen molar-refractivity contribution < 1.29 is 24.9 Å². The van der Waals surface area contributed by atoms with Crippen LogP contribution in [0.3, 0.4) is 0 Å². The van der Waals surface area contributed by atoms with E-state index in [-0.39, 0.29) is 21.1 Å². The highest BCUT2D eigenvalue weighted by atomic mass is 32.1. The highest BCUT2D eigenvalue weighted by Gasteiger charge is 2.28. The number of carboxylic acid groups (broad SMARTS) is 1. The minimum absolute atomic E-state index is 0.00784. The van der Waals surface area contributed by atoms with Crippen molar-refractivity contribution in [3.63, 3.8) is 0 Å². The molecule has 0 saturated carbocycles. The van der Waals surface area contributed by atoms with Crippen LogP contribution in [0.5, 0.6) is 5.75 Å². The molecule has 31 heavy (non-hydrogen) atoms. The molecule has 0 aliphatic carbocycles. The lowest BCUT2D eigenvalue weighted by molar-refractivity contribution is 0.0702. The van der Waals surface area contributed by atoms with Gasteiger partial charge in [-0.15, -0.1) is 11.3 Å². The molecule has 2 aromatic carbocycles. The quantitative estimate of drug-likeness (QED) is 0.310. The second-order valence-electron chi connectivity index (χ2n) is 7.41. The van der Waals surface area contributed by atoms with Crippen molar-refractivity contribution in [2.45, 2.75) is 25.9 Å². The number of aromatic nitrogens is 1. The van der Waals surface area contributed by atoms with Crippen LogP contribution in [0.15, 0.2) is 54.7 Å². The number of aryl methyl sites for hydroxylation is 1. The van der Waals surface area contributed by atoms with E-state index in [9.17, 15) is 24.9 Å². The van der Waals surface area contributed by atoms with Crippen molar-refractivity contribution in [3.05, 3.63) is 75.6 Å². The number of nitrogens with one attached hydrogen (secondary N) is 1. The topological polar surface area (TPSA) is 111 Å². The maximum atomic E-state index is 13.3. The number of aliphatic hydroxyl groups is 1. The first kappa shape index (κ1) is 20.8. The van der Waals surface area contributed by atoms with Gasteiger partial charge < -0.3 is 20.3 Å². The molecule has 0 amide bonds. The first-order valence-corrected chi connectivity index (χ1v) is 10.7. The van der Waals surface area contributed by atoms with Crippen molar-refractivity contribution >= 4 is 34.0 Å². The Morgan fingerprint density at radius 1 is 1.06 bits per heavy atom. The van der Waals surface area contributed by atoms with Crippen molar-refractivity contribution in [2.75, 3.05) is 0 Å². The van der Waals surface area contributed by atoms with Gasteiger partial charge in [0.15, 0.2) is 0 Å². The predicted octanol–water partition coefficient (Wildman–Crippen LogP) is 4.84. The minimum Gasteiger partial charge on any atom is -0.506 e. The number of aliphatic hydroxyl groups excluding tert-OH is 1. The fraction of sp³-hybridized carbons (Fsp3) is 0.167. The number of rotatable bonds is 7. The number of H-pyrrole nitrogens is 1. The molecule has 0 bridgehead atoms. The summed E-state index contributed by atoms with van der Waals surface area (Å²) in [7, 11) is 0. The summed E-state index contributed by atoms with van der Waals surface area (Å²) < 4.78 is 0. The molecule has 7 heteroatoms. The molecule has 1 unspecified atom stereocenters. The molecule has 4 aromatic rings. The maximum Gasteiger partial charge on any atom is 0.346 e. The van der Waals surface area contributed by atoms with E-state index in [4.69, 9.17) is 0 Å². The summed E-state index contributed by atoms with van der Waals surface area (Å²) in [5, 5.41) is 30.8. The molecule has 1 atom stereocenters. The smallest absolute Gasteiger partial charge is 0.346 e. The van der Waals surface area contributed by atoms with Crippen molar-refractivity contribution in [3.8, 4) is 16.9 Å². The summed E-state index contributed by atoms with van der Waals surface area (Å²) in [6.07, 6.45) is 2.39. The molecule has 2 heterocycles. The van der Waals surface area contributed by atoms with Crippen LogP contribution in [0.1, 0.15) is 43.8 Å². The monoisotopic (exact) mass is 435 g/mol. The van der Waals surface area contributed by atoms with E-state index in [0.29, 0.717) is 29.4 Å². The van der Waals surface area contributed by atoms with Crippen LogP contribution in [0, 0.1) is 0 Å². The number of aromatic hydroxyl groups is 1.